The summed E-state index contributed by atoms with van der Waals surface area (Å²) in [5.74, 6) is 0. The molecule has 0 fully saturated rings. The summed E-state index contributed by atoms with van der Waals surface area (Å²) in [4.78, 5) is 5.03. The van der Waals surface area contributed by atoms with Crippen LogP contribution in [0, 0.1) is 0 Å². The van der Waals surface area contributed by atoms with Gasteiger partial charge in [-0.05, 0) is 11.3 Å². The first-order chi connectivity index (χ1) is 4.86. The van der Waals surface area contributed by atoms with Gasteiger partial charge in [-0.15, -0.1) is 10.1 Å². The maximum absolute atomic E-state index is 5.03. The molecule has 5 heteroatoms. The van der Waals surface area contributed by atoms with Crippen LogP contribution < -0.4 is 0 Å². The van der Waals surface area contributed by atoms with Crippen molar-refractivity contribution in [1.82, 2.24) is 10.2 Å². The van der Waals surface area contributed by atoms with Gasteiger partial charge in [0.15, 0.2) is 0 Å². The molecule has 0 radical (unpaired) electrons. The predicted molar refractivity (Wildman–Crippen MR) is 32.8 cm³/mol. The molecule has 0 aromatic carbocycles. The second-order valence-electron chi connectivity index (χ2n) is 1.98. The van der Waals surface area contributed by atoms with E-state index in [1.54, 1.807) is 18.3 Å². The van der Waals surface area contributed by atoms with Crippen LogP contribution in [0.3, 0.4) is 0 Å². The second-order valence-corrected chi connectivity index (χ2v) is 1.98. The number of allylic oxidation sites excluding steroid dienone is 1. The zero-order valence-electron chi connectivity index (χ0n) is 5.43. The monoisotopic (exact) mass is 138 g/mol. The summed E-state index contributed by atoms with van der Waals surface area (Å²) < 4.78 is 0. The molecule has 5 nitrogen and oxygen atoms in total. The minimum Gasteiger partial charge on any atom is -0.235 e. The Morgan fingerprint density at radius 3 is 3.30 bits per heavy atom. The second kappa shape index (κ2) is 1.81. The van der Waals surface area contributed by atoms with E-state index in [-0.39, 0.29) is 0 Å². The summed E-state index contributed by atoms with van der Waals surface area (Å²) in [7, 11) is 1.79. The van der Waals surface area contributed by atoms with Gasteiger partial charge in [0, 0.05) is 7.05 Å². The van der Waals surface area contributed by atoms with Crippen LogP contribution in [0.2, 0.25) is 0 Å². The molecule has 0 unspecified atom stereocenters. The minimum atomic E-state index is 0.887. The zero-order chi connectivity index (χ0) is 6.97. The van der Waals surface area contributed by atoms with E-state index >= 15 is 0 Å². The van der Waals surface area contributed by atoms with Crippen LogP contribution in [0.15, 0.2) is 34.5 Å². The molecule has 0 saturated carbocycles. The molecule has 2 aliphatic heterocycles. The van der Waals surface area contributed by atoms with Crippen LogP contribution in [-0.4, -0.2) is 17.3 Å². The van der Waals surface area contributed by atoms with Crippen molar-refractivity contribution in [3.05, 3.63) is 24.2 Å². The largest absolute Gasteiger partial charge is 0.235 e. The van der Waals surface area contributed by atoms with Crippen LogP contribution in [0.1, 0.15) is 0 Å². The van der Waals surface area contributed by atoms with Crippen molar-refractivity contribution in [3.63, 3.8) is 0 Å². The molecule has 2 rings (SSSR count). The molecule has 2 aliphatic rings. The number of hydrogen-bond acceptors (Lipinski definition) is 5. The molecular formula is C5H6N4O. The summed E-state index contributed by atoms with van der Waals surface area (Å²) in [5.41, 5.74) is 0.887. The van der Waals surface area contributed by atoms with E-state index in [0.717, 1.165) is 5.70 Å². The molecule has 0 spiro atoms. The Morgan fingerprint density at radius 1 is 1.60 bits per heavy atom. The van der Waals surface area contributed by atoms with Crippen LogP contribution in [0.4, 0.5) is 0 Å². The number of hydrogen-bond donors (Lipinski definition) is 0. The highest BCUT2D eigenvalue weighted by Crippen LogP contribution is 2.20. The number of nitrogens with zero attached hydrogens (tertiary/aromatic N) is 4. The van der Waals surface area contributed by atoms with E-state index < -0.39 is 0 Å². The van der Waals surface area contributed by atoms with E-state index in [2.05, 4.69) is 10.3 Å². The van der Waals surface area contributed by atoms with Gasteiger partial charge in [-0.2, -0.15) is 0 Å². The minimum absolute atomic E-state index is 0.887. The standard InChI is InChI=1S/C5H6N4O/c1-8-4-5-2-3-6-7-9(5)10-8/h2-4H,1H3. The normalized spacial score (nSPS) is 21.5. The van der Waals surface area contributed by atoms with E-state index in [1.165, 1.54) is 5.17 Å². The lowest BCUT2D eigenvalue weighted by atomic mass is 10.4. The topological polar surface area (TPSA) is 40.4 Å². The zero-order valence-corrected chi connectivity index (χ0v) is 5.43. The number of hydroxylamine groups is 3. The Balaban J connectivity index is 2.29. The summed E-state index contributed by atoms with van der Waals surface area (Å²) in [6.07, 6.45) is 5.25. The van der Waals surface area contributed by atoms with Gasteiger partial charge in [-0.1, -0.05) is 5.17 Å². The Morgan fingerprint density at radius 2 is 2.50 bits per heavy atom. The molecule has 0 aromatic heterocycles. The molecule has 0 atom stereocenters. The van der Waals surface area contributed by atoms with Crippen LogP contribution >= 0.6 is 0 Å². The molecule has 0 bridgehead atoms. The Labute approximate surface area is 57.8 Å². The summed E-state index contributed by atoms with van der Waals surface area (Å²) >= 11 is 0. The fourth-order valence-electron chi connectivity index (χ4n) is 0.790. The third-order valence-electron chi connectivity index (χ3n) is 1.19. The smallest absolute Gasteiger partial charge is 0.114 e. The van der Waals surface area contributed by atoms with Crippen molar-refractivity contribution in [3.8, 4) is 0 Å². The van der Waals surface area contributed by atoms with Crippen molar-refractivity contribution >= 4 is 0 Å². The lowest BCUT2D eigenvalue weighted by molar-refractivity contribution is -0.254. The van der Waals surface area contributed by atoms with Crippen molar-refractivity contribution in [2.24, 2.45) is 10.3 Å². The van der Waals surface area contributed by atoms with E-state index in [1.807, 2.05) is 12.3 Å². The summed E-state index contributed by atoms with van der Waals surface area (Å²) in [5, 5.41) is 10.2. The quantitative estimate of drug-likeness (QED) is 0.497. The SMILES string of the molecule is CN1C=C2C=CN=NN2O1. The van der Waals surface area contributed by atoms with Gasteiger partial charge in [-0.3, -0.25) is 0 Å². The van der Waals surface area contributed by atoms with Gasteiger partial charge in [0.25, 0.3) is 0 Å². The maximum Gasteiger partial charge on any atom is 0.114 e. The molecule has 10 heavy (non-hydrogen) atoms. The highest BCUT2D eigenvalue weighted by atomic mass is 16.9. The highest BCUT2D eigenvalue weighted by Gasteiger charge is 2.19. The molecule has 0 aliphatic carbocycles. The average molecular weight is 138 g/mol. The van der Waals surface area contributed by atoms with Gasteiger partial charge in [0.05, 0.1) is 12.4 Å². The van der Waals surface area contributed by atoms with Gasteiger partial charge in [0.2, 0.25) is 0 Å². The predicted octanol–water partition coefficient (Wildman–Crippen LogP) is 0.816. The highest BCUT2D eigenvalue weighted by molar-refractivity contribution is 5.16. The Bertz CT molecular complexity index is 232. The van der Waals surface area contributed by atoms with Crippen molar-refractivity contribution < 1.29 is 4.94 Å². The van der Waals surface area contributed by atoms with Crippen LogP contribution in [0.25, 0.3) is 0 Å². The number of fused-ring (bicyclic) bond motifs is 1. The van der Waals surface area contributed by atoms with Crippen LogP contribution in [-0.2, 0) is 4.94 Å². The van der Waals surface area contributed by atoms with Crippen molar-refractivity contribution in [2.75, 3.05) is 7.05 Å². The fraction of sp³-hybridized carbons (Fsp3) is 0.200. The Kier molecular flexibility index (Phi) is 0.983. The Hall–Kier alpha value is -1.36. The summed E-state index contributed by atoms with van der Waals surface area (Å²) in [6.45, 7) is 0. The fourth-order valence-corrected chi connectivity index (χ4v) is 0.790. The lowest BCUT2D eigenvalue weighted by Crippen LogP contribution is -2.16. The van der Waals surface area contributed by atoms with Gasteiger partial charge in [-0.25, -0.2) is 5.06 Å². The molecule has 0 saturated heterocycles. The molecular weight excluding hydrogens is 132 g/mol. The summed E-state index contributed by atoms with van der Waals surface area (Å²) in [6, 6.07) is 0. The first kappa shape index (κ1) is 5.43. The van der Waals surface area contributed by atoms with Gasteiger partial charge < -0.3 is 0 Å². The van der Waals surface area contributed by atoms with Crippen molar-refractivity contribution in [1.29, 1.82) is 0 Å². The van der Waals surface area contributed by atoms with Gasteiger partial charge in [0.1, 0.15) is 5.70 Å². The van der Waals surface area contributed by atoms with E-state index in [9.17, 15) is 0 Å². The first-order valence-corrected chi connectivity index (χ1v) is 2.86. The average Bonchev–Trinajstić information content (AvgIpc) is 2.27. The van der Waals surface area contributed by atoms with Gasteiger partial charge >= 0.3 is 0 Å². The van der Waals surface area contributed by atoms with Crippen LogP contribution in [0.5, 0.6) is 0 Å². The van der Waals surface area contributed by atoms with Crippen molar-refractivity contribution in [2.45, 2.75) is 0 Å². The molecule has 2 heterocycles. The lowest BCUT2D eigenvalue weighted by Gasteiger charge is -2.12. The molecule has 0 N–H and O–H groups in total. The molecule has 0 amide bonds. The van der Waals surface area contributed by atoms with E-state index in [4.69, 9.17) is 4.94 Å². The number of rotatable bonds is 0. The molecule has 52 valence electrons. The third-order valence-corrected chi connectivity index (χ3v) is 1.19. The van der Waals surface area contributed by atoms with E-state index in [0.29, 0.717) is 0 Å². The third kappa shape index (κ3) is 0.679. The maximum atomic E-state index is 5.03. The molecule has 0 aromatic rings. The first-order valence-electron chi connectivity index (χ1n) is 2.86.